The number of benzene rings is 1. The van der Waals surface area contributed by atoms with Gasteiger partial charge in [0.2, 0.25) is 0 Å². The number of thiophene rings is 1. The average molecular weight is 264 g/mol. The van der Waals surface area contributed by atoms with Crippen LogP contribution in [0.4, 0.5) is 0 Å². The second kappa shape index (κ2) is 4.11. The molecule has 1 aromatic heterocycles. The maximum Gasteiger partial charge on any atom is 0.0934 e. The van der Waals surface area contributed by atoms with E-state index in [0.29, 0.717) is 10.0 Å². The minimum atomic E-state index is 0.634. The Labute approximate surface area is 101 Å². The molecule has 0 unspecified atom stereocenters. The van der Waals surface area contributed by atoms with Gasteiger partial charge in [0.15, 0.2) is 0 Å². The zero-order valence-electron chi connectivity index (χ0n) is 6.93. The Hall–Kier alpha value is -0.210. The Kier molecular flexibility index (Phi) is 3.03. The molecule has 0 amide bonds. The highest BCUT2D eigenvalue weighted by atomic mass is 35.5. The normalized spacial score (nSPS) is 10.5. The van der Waals surface area contributed by atoms with Crippen LogP contribution in [0.15, 0.2) is 29.6 Å². The van der Waals surface area contributed by atoms with E-state index in [1.165, 1.54) is 11.3 Å². The molecule has 4 heteroatoms. The van der Waals surface area contributed by atoms with Gasteiger partial charge in [0, 0.05) is 15.4 Å². The molecule has 0 N–H and O–H groups in total. The molecule has 0 saturated heterocycles. The average Bonchev–Trinajstić information content (AvgIpc) is 2.50. The fourth-order valence-corrected chi connectivity index (χ4v) is 2.60. The molecule has 14 heavy (non-hydrogen) atoms. The first-order valence-electron chi connectivity index (χ1n) is 3.85. The van der Waals surface area contributed by atoms with Crippen LogP contribution < -0.4 is 0 Å². The summed E-state index contributed by atoms with van der Waals surface area (Å²) in [6.45, 7) is 0. The van der Waals surface area contributed by atoms with Gasteiger partial charge in [0.1, 0.15) is 0 Å². The monoisotopic (exact) mass is 262 g/mol. The van der Waals surface area contributed by atoms with Crippen molar-refractivity contribution in [1.29, 1.82) is 0 Å². The summed E-state index contributed by atoms with van der Waals surface area (Å²) in [4.78, 5) is 0. The minimum Gasteiger partial charge on any atom is -0.131 e. The van der Waals surface area contributed by atoms with Crippen molar-refractivity contribution >= 4 is 46.1 Å². The van der Waals surface area contributed by atoms with Gasteiger partial charge in [-0.3, -0.25) is 0 Å². The van der Waals surface area contributed by atoms with E-state index in [0.717, 1.165) is 15.5 Å². The number of hydrogen-bond donors (Lipinski definition) is 0. The Morgan fingerprint density at radius 1 is 0.786 bits per heavy atom. The molecule has 0 bridgehead atoms. The molecule has 0 spiro atoms. The Balaban J connectivity index is 2.51. The van der Waals surface area contributed by atoms with E-state index < -0.39 is 0 Å². The molecule has 1 heterocycles. The van der Waals surface area contributed by atoms with Crippen molar-refractivity contribution in [2.45, 2.75) is 0 Å². The molecule has 0 saturated carbocycles. The standard InChI is InChI=1S/C10H5Cl3S/c11-8-1-6(2-9(12)4-8)7-3-10(13)14-5-7/h1-5H. The molecule has 0 radical (unpaired) electrons. The predicted molar refractivity (Wildman–Crippen MR) is 64.8 cm³/mol. The van der Waals surface area contributed by atoms with Crippen molar-refractivity contribution in [1.82, 2.24) is 0 Å². The molecule has 1 aromatic carbocycles. The third-order valence-electron chi connectivity index (χ3n) is 1.76. The highest BCUT2D eigenvalue weighted by molar-refractivity contribution is 7.14. The van der Waals surface area contributed by atoms with Crippen molar-refractivity contribution in [2.75, 3.05) is 0 Å². The van der Waals surface area contributed by atoms with Gasteiger partial charge in [-0.15, -0.1) is 11.3 Å². The summed E-state index contributed by atoms with van der Waals surface area (Å²) < 4.78 is 0.760. The number of rotatable bonds is 1. The van der Waals surface area contributed by atoms with Gasteiger partial charge >= 0.3 is 0 Å². The number of halogens is 3. The lowest BCUT2D eigenvalue weighted by molar-refractivity contribution is 1.67. The predicted octanol–water partition coefficient (Wildman–Crippen LogP) is 5.38. The Morgan fingerprint density at radius 3 is 1.93 bits per heavy atom. The van der Waals surface area contributed by atoms with Crippen molar-refractivity contribution in [3.63, 3.8) is 0 Å². The zero-order chi connectivity index (χ0) is 10.1. The van der Waals surface area contributed by atoms with Gasteiger partial charge in [0.25, 0.3) is 0 Å². The summed E-state index contributed by atoms with van der Waals surface area (Å²) >= 11 is 19.1. The van der Waals surface area contributed by atoms with E-state index in [-0.39, 0.29) is 0 Å². The van der Waals surface area contributed by atoms with Gasteiger partial charge in [0.05, 0.1) is 4.34 Å². The molecule has 2 rings (SSSR count). The molecule has 0 aliphatic rings. The molecule has 0 nitrogen and oxygen atoms in total. The SMILES string of the molecule is Clc1cc(Cl)cc(-c2csc(Cl)c2)c1. The van der Waals surface area contributed by atoms with Crippen LogP contribution in [-0.4, -0.2) is 0 Å². The fourth-order valence-electron chi connectivity index (χ4n) is 1.18. The van der Waals surface area contributed by atoms with E-state index in [1.807, 2.05) is 23.6 Å². The summed E-state index contributed by atoms with van der Waals surface area (Å²) in [5.74, 6) is 0. The lowest BCUT2D eigenvalue weighted by Crippen LogP contribution is -1.74. The van der Waals surface area contributed by atoms with Gasteiger partial charge < -0.3 is 0 Å². The molecule has 2 aromatic rings. The van der Waals surface area contributed by atoms with Crippen LogP contribution in [0.25, 0.3) is 11.1 Å². The van der Waals surface area contributed by atoms with Gasteiger partial charge in [-0.1, -0.05) is 34.8 Å². The van der Waals surface area contributed by atoms with Gasteiger partial charge in [-0.05, 0) is 35.4 Å². The van der Waals surface area contributed by atoms with Crippen molar-refractivity contribution in [3.8, 4) is 11.1 Å². The molecule has 0 atom stereocenters. The van der Waals surface area contributed by atoms with Crippen LogP contribution in [0.5, 0.6) is 0 Å². The van der Waals surface area contributed by atoms with Crippen molar-refractivity contribution in [2.24, 2.45) is 0 Å². The Morgan fingerprint density at radius 2 is 1.43 bits per heavy atom. The van der Waals surface area contributed by atoms with Crippen molar-refractivity contribution in [3.05, 3.63) is 44.0 Å². The van der Waals surface area contributed by atoms with Crippen LogP contribution >= 0.6 is 46.1 Å². The second-order valence-electron chi connectivity index (χ2n) is 2.80. The summed E-state index contributed by atoms with van der Waals surface area (Å²) in [6.07, 6.45) is 0. The highest BCUT2D eigenvalue weighted by Crippen LogP contribution is 2.32. The van der Waals surface area contributed by atoms with E-state index in [9.17, 15) is 0 Å². The summed E-state index contributed by atoms with van der Waals surface area (Å²) in [5.41, 5.74) is 2.04. The Bertz CT molecular complexity index is 442. The first kappa shape index (κ1) is 10.3. The van der Waals surface area contributed by atoms with Crippen LogP contribution in [0.1, 0.15) is 0 Å². The van der Waals surface area contributed by atoms with Gasteiger partial charge in [-0.25, -0.2) is 0 Å². The molecule has 72 valence electrons. The number of hydrogen-bond acceptors (Lipinski definition) is 1. The van der Waals surface area contributed by atoms with Crippen LogP contribution in [0.3, 0.4) is 0 Å². The highest BCUT2D eigenvalue weighted by Gasteiger charge is 2.03. The van der Waals surface area contributed by atoms with Crippen LogP contribution in [0.2, 0.25) is 14.4 Å². The quantitative estimate of drug-likeness (QED) is 0.648. The summed E-state index contributed by atoms with van der Waals surface area (Å²) in [7, 11) is 0. The van der Waals surface area contributed by atoms with E-state index in [2.05, 4.69) is 0 Å². The third-order valence-corrected chi connectivity index (χ3v) is 3.29. The van der Waals surface area contributed by atoms with Gasteiger partial charge in [-0.2, -0.15) is 0 Å². The van der Waals surface area contributed by atoms with Crippen LogP contribution in [-0.2, 0) is 0 Å². The molecular weight excluding hydrogens is 259 g/mol. The van der Waals surface area contributed by atoms with E-state index >= 15 is 0 Å². The topological polar surface area (TPSA) is 0 Å². The lowest BCUT2D eigenvalue weighted by Gasteiger charge is -1.99. The smallest absolute Gasteiger partial charge is 0.0934 e. The second-order valence-corrected chi connectivity index (χ2v) is 5.21. The maximum atomic E-state index is 5.89. The molecule has 0 fully saturated rings. The fraction of sp³-hybridized carbons (Fsp3) is 0. The maximum absolute atomic E-state index is 5.89. The minimum absolute atomic E-state index is 0.634. The van der Waals surface area contributed by atoms with Crippen molar-refractivity contribution < 1.29 is 0 Å². The first-order valence-corrected chi connectivity index (χ1v) is 5.87. The molecular formula is C10H5Cl3S. The lowest BCUT2D eigenvalue weighted by atomic mass is 10.1. The van der Waals surface area contributed by atoms with E-state index in [1.54, 1.807) is 6.07 Å². The van der Waals surface area contributed by atoms with Crippen LogP contribution in [0, 0.1) is 0 Å². The summed E-state index contributed by atoms with van der Waals surface area (Å²) in [6, 6.07) is 7.34. The zero-order valence-corrected chi connectivity index (χ0v) is 10.0. The van der Waals surface area contributed by atoms with E-state index in [4.69, 9.17) is 34.8 Å². The third kappa shape index (κ3) is 2.23. The molecule has 0 aliphatic carbocycles. The molecule has 0 aliphatic heterocycles. The first-order chi connectivity index (χ1) is 6.65. The largest absolute Gasteiger partial charge is 0.131 e. The summed E-state index contributed by atoms with van der Waals surface area (Å²) in [5, 5.41) is 3.24.